The summed E-state index contributed by atoms with van der Waals surface area (Å²) in [6.07, 6.45) is 6.37. The van der Waals surface area contributed by atoms with Crippen LogP contribution >= 0.6 is 0 Å². The molecule has 16 heteroatoms. The number of nitrogens with zero attached hydrogens (tertiary/aromatic N) is 7. The lowest BCUT2D eigenvalue weighted by Crippen LogP contribution is -2.36. The van der Waals surface area contributed by atoms with Gasteiger partial charge in [-0.25, -0.2) is 23.4 Å². The Bertz CT molecular complexity index is 2650. The van der Waals surface area contributed by atoms with Gasteiger partial charge in [-0.1, -0.05) is 24.3 Å². The molecule has 3 aromatic carbocycles. The molecule has 3 heterocycles. The van der Waals surface area contributed by atoms with Crippen LogP contribution in [0, 0.1) is 18.8 Å². The van der Waals surface area contributed by atoms with E-state index >= 15 is 0 Å². The number of carboxylic acid groups (broad SMARTS) is 2. The SMILES string of the molecule is COc1cc(-n2ncc3c(-c4cccc(Nc5nc(C(F)F)nc6cc(CN(C)C7CCC(C(=O)O)CC7)cnc56)c4C)cccc32)cc(OC)c1CN(C)C1CCC(C(=O)O)CC1. The number of nitrogens with one attached hydrogen (secondary N) is 1. The second kappa shape index (κ2) is 18.8. The third-order valence-corrected chi connectivity index (χ3v) is 13.3. The van der Waals surface area contributed by atoms with Gasteiger partial charge in [-0.2, -0.15) is 5.10 Å². The highest BCUT2D eigenvalue weighted by molar-refractivity contribution is 5.97. The highest BCUT2D eigenvalue weighted by atomic mass is 19.3. The summed E-state index contributed by atoms with van der Waals surface area (Å²) in [6.45, 7) is 3.03. The minimum absolute atomic E-state index is 0.168. The van der Waals surface area contributed by atoms with Crippen molar-refractivity contribution in [2.75, 3.05) is 33.6 Å². The van der Waals surface area contributed by atoms with Crippen LogP contribution in [0.2, 0.25) is 0 Å². The minimum atomic E-state index is -2.91. The molecule has 2 aliphatic rings. The number of ether oxygens (including phenoxy) is 2. The standard InChI is InChI=1S/C48H54F2N8O6/c1-27-34(8-6-10-38(27)53-45-43-39(54-46(55-45)44(49)50)20-28(23-51-43)25-56(2)31-16-12-29(13-17-31)47(59)60)35-9-7-11-40-36(35)24-52-58(40)33-21-41(63-4)37(42(22-33)64-5)26-57(3)32-18-14-30(15-19-32)48(61)62/h6-11,20-24,29-32,44H,12-19,25-26H2,1-5H3,(H,59,60)(H,61,62)(H,53,54,55). The van der Waals surface area contributed by atoms with E-state index in [2.05, 4.69) is 37.1 Å². The van der Waals surface area contributed by atoms with E-state index in [9.17, 15) is 28.6 Å². The second-order valence-corrected chi connectivity index (χ2v) is 17.2. The van der Waals surface area contributed by atoms with Gasteiger partial charge >= 0.3 is 11.9 Å². The molecule has 0 atom stereocenters. The van der Waals surface area contributed by atoms with Gasteiger partial charge in [-0.3, -0.25) is 24.4 Å². The summed E-state index contributed by atoms with van der Waals surface area (Å²) in [5.74, 6) is -1.20. The minimum Gasteiger partial charge on any atom is -0.496 e. The summed E-state index contributed by atoms with van der Waals surface area (Å²) in [6, 6.07) is 17.9. The molecule has 0 spiro atoms. The van der Waals surface area contributed by atoms with Crippen LogP contribution in [0.3, 0.4) is 0 Å². The van der Waals surface area contributed by atoms with Gasteiger partial charge in [0.15, 0.2) is 11.6 Å². The fraction of sp³-hybridized carbons (Fsp3) is 0.417. The lowest BCUT2D eigenvalue weighted by Gasteiger charge is -2.34. The van der Waals surface area contributed by atoms with Crippen molar-refractivity contribution in [1.29, 1.82) is 0 Å². The van der Waals surface area contributed by atoms with E-state index in [0.29, 0.717) is 67.0 Å². The first-order chi connectivity index (χ1) is 30.8. The van der Waals surface area contributed by atoms with Gasteiger partial charge < -0.3 is 25.0 Å². The summed E-state index contributed by atoms with van der Waals surface area (Å²) in [4.78, 5) is 40.5. The molecule has 2 aliphatic carbocycles. The van der Waals surface area contributed by atoms with Gasteiger partial charge in [-0.15, -0.1) is 0 Å². The number of hydrogen-bond acceptors (Lipinski definition) is 11. The molecule has 2 fully saturated rings. The van der Waals surface area contributed by atoms with Gasteiger partial charge in [0.1, 0.15) is 17.0 Å². The molecule has 336 valence electrons. The summed E-state index contributed by atoms with van der Waals surface area (Å²) >= 11 is 0. The molecule has 14 nitrogen and oxygen atoms in total. The Balaban J connectivity index is 1.05. The van der Waals surface area contributed by atoms with E-state index in [0.717, 1.165) is 70.1 Å². The van der Waals surface area contributed by atoms with E-state index in [1.54, 1.807) is 26.5 Å². The van der Waals surface area contributed by atoms with Gasteiger partial charge in [0.25, 0.3) is 6.43 Å². The van der Waals surface area contributed by atoms with Gasteiger partial charge in [-0.05, 0) is 113 Å². The molecule has 6 aromatic rings. The molecule has 64 heavy (non-hydrogen) atoms. The van der Waals surface area contributed by atoms with Crippen LogP contribution in [0.1, 0.15) is 80.3 Å². The predicted octanol–water partition coefficient (Wildman–Crippen LogP) is 9.19. The average Bonchev–Trinajstić information content (AvgIpc) is 3.74. The van der Waals surface area contributed by atoms with Crippen LogP contribution in [-0.2, 0) is 22.7 Å². The number of methoxy groups -OCH3 is 2. The number of fused-ring (bicyclic) bond motifs is 2. The Morgan fingerprint density at radius 3 is 2.00 bits per heavy atom. The maximum atomic E-state index is 14.3. The number of aliphatic carboxylic acids is 2. The van der Waals surface area contributed by atoms with Gasteiger partial charge in [0, 0.05) is 54.6 Å². The number of carboxylic acids is 2. The molecule has 8 rings (SSSR count). The van der Waals surface area contributed by atoms with Crippen molar-refractivity contribution in [2.45, 2.75) is 89.9 Å². The first-order valence-corrected chi connectivity index (χ1v) is 21.7. The maximum Gasteiger partial charge on any atom is 0.306 e. The third-order valence-electron chi connectivity index (χ3n) is 13.3. The van der Waals surface area contributed by atoms with Crippen LogP contribution in [0.5, 0.6) is 11.5 Å². The maximum absolute atomic E-state index is 14.3. The highest BCUT2D eigenvalue weighted by Gasteiger charge is 2.30. The quantitative estimate of drug-likeness (QED) is 0.0894. The molecule has 0 amide bonds. The largest absolute Gasteiger partial charge is 0.496 e. The molecule has 0 unspecified atom stereocenters. The number of alkyl halides is 2. The van der Waals surface area contributed by atoms with Crippen LogP contribution in [-0.4, -0.2) is 97.1 Å². The van der Waals surface area contributed by atoms with Gasteiger partial charge in [0.05, 0.1) is 54.5 Å². The number of pyridine rings is 1. The third kappa shape index (κ3) is 9.06. The molecule has 2 saturated carbocycles. The van der Waals surface area contributed by atoms with Gasteiger partial charge in [0.2, 0.25) is 0 Å². The van der Waals surface area contributed by atoms with Crippen molar-refractivity contribution in [2.24, 2.45) is 11.8 Å². The van der Waals surface area contributed by atoms with Crippen molar-refractivity contribution in [1.82, 2.24) is 34.5 Å². The molecule has 0 bridgehead atoms. The summed E-state index contributed by atoms with van der Waals surface area (Å²) < 4.78 is 42.3. The van der Waals surface area contributed by atoms with Crippen molar-refractivity contribution < 1.29 is 38.1 Å². The smallest absolute Gasteiger partial charge is 0.306 e. The number of anilines is 2. The molecule has 3 N–H and O–H groups in total. The van der Waals surface area contributed by atoms with E-state index in [1.165, 1.54) is 0 Å². The summed E-state index contributed by atoms with van der Waals surface area (Å²) in [7, 11) is 7.31. The molecule has 3 aromatic heterocycles. The molecule has 0 radical (unpaired) electrons. The lowest BCUT2D eigenvalue weighted by atomic mass is 9.85. The van der Waals surface area contributed by atoms with E-state index < -0.39 is 24.2 Å². The number of aromatic nitrogens is 5. The number of benzene rings is 3. The zero-order valence-electron chi connectivity index (χ0n) is 36.7. The van der Waals surface area contributed by atoms with Crippen LogP contribution in [0.15, 0.2) is 67.0 Å². The number of rotatable bonds is 15. The van der Waals surface area contributed by atoms with Crippen molar-refractivity contribution in [3.05, 3.63) is 89.5 Å². The van der Waals surface area contributed by atoms with Crippen molar-refractivity contribution in [3.8, 4) is 28.3 Å². The van der Waals surface area contributed by atoms with E-state index in [4.69, 9.17) is 14.6 Å². The number of carbonyl (C=O) groups is 2. The average molecular weight is 877 g/mol. The second-order valence-electron chi connectivity index (χ2n) is 17.2. The lowest BCUT2D eigenvalue weighted by molar-refractivity contribution is -0.144. The van der Waals surface area contributed by atoms with E-state index in [1.807, 2.05) is 73.4 Å². The normalized spacial score (nSPS) is 19.2. The fourth-order valence-corrected chi connectivity index (χ4v) is 9.60. The van der Waals surface area contributed by atoms with Crippen molar-refractivity contribution in [3.63, 3.8) is 0 Å². The Kier molecular flexibility index (Phi) is 13.1. The monoisotopic (exact) mass is 876 g/mol. The topological polar surface area (TPSA) is 168 Å². The number of hydrogen-bond donors (Lipinski definition) is 3. The van der Waals surface area contributed by atoms with E-state index in [-0.39, 0.29) is 29.7 Å². The van der Waals surface area contributed by atoms with Crippen LogP contribution < -0.4 is 14.8 Å². The zero-order valence-corrected chi connectivity index (χ0v) is 36.7. The Hall–Kier alpha value is -6.26. The first-order valence-electron chi connectivity index (χ1n) is 21.7. The number of halogens is 2. The Morgan fingerprint density at radius 1 is 0.812 bits per heavy atom. The molecule has 0 saturated heterocycles. The molecular weight excluding hydrogens is 823 g/mol. The highest BCUT2D eigenvalue weighted by Crippen LogP contribution is 2.39. The Morgan fingerprint density at radius 2 is 1.41 bits per heavy atom. The van der Waals surface area contributed by atoms with Crippen molar-refractivity contribution >= 4 is 45.4 Å². The molecular formula is C48H54F2N8O6. The Labute approximate surface area is 370 Å². The van der Waals surface area contributed by atoms with Crippen LogP contribution in [0.25, 0.3) is 38.8 Å². The summed E-state index contributed by atoms with van der Waals surface area (Å²) in [5, 5.41) is 27.9. The zero-order chi connectivity index (χ0) is 45.2. The van der Waals surface area contributed by atoms with Crippen LogP contribution in [0.4, 0.5) is 20.3 Å². The fourth-order valence-electron chi connectivity index (χ4n) is 9.60. The predicted molar refractivity (Wildman–Crippen MR) is 240 cm³/mol. The summed E-state index contributed by atoms with van der Waals surface area (Å²) in [5.41, 5.74) is 7.30. The molecule has 0 aliphatic heterocycles. The first kappa shape index (κ1) is 44.4.